The standard InChI is InChI=1S/C20H16F4N2O5/c1-18-6-9(17(29)30-3)19(2,31-18)13-12(18)15(27)26(16(13)28)10-5-4-8(7-25)11(14(10)21)20(22,23)24/h4-5,9,12-13H,6H2,1-3H3/t9-,12+,13-,18+,19-/m0/s1. The van der Waals surface area contributed by atoms with E-state index in [-0.39, 0.29) is 6.42 Å². The third-order valence-corrected chi connectivity index (χ3v) is 6.59. The largest absolute Gasteiger partial charge is 0.469 e. The van der Waals surface area contributed by atoms with E-state index in [4.69, 9.17) is 14.7 Å². The summed E-state index contributed by atoms with van der Waals surface area (Å²) in [6, 6.07) is 2.77. The maximum Gasteiger partial charge on any atom is 0.420 e. The summed E-state index contributed by atoms with van der Waals surface area (Å²) in [6.07, 6.45) is -5.16. The lowest BCUT2D eigenvalue weighted by Crippen LogP contribution is -2.49. The van der Waals surface area contributed by atoms with Crippen LogP contribution in [0, 0.1) is 34.9 Å². The zero-order chi connectivity index (χ0) is 23.1. The van der Waals surface area contributed by atoms with Crippen LogP contribution >= 0.6 is 0 Å². The van der Waals surface area contributed by atoms with Crippen LogP contribution in [0.4, 0.5) is 23.2 Å². The lowest BCUT2D eigenvalue weighted by atomic mass is 9.64. The number of benzene rings is 1. The van der Waals surface area contributed by atoms with Crippen LogP contribution < -0.4 is 4.90 Å². The number of carbonyl (C=O) groups excluding carboxylic acids is 3. The molecular weight excluding hydrogens is 424 g/mol. The van der Waals surface area contributed by atoms with E-state index >= 15 is 0 Å². The minimum Gasteiger partial charge on any atom is -0.469 e. The van der Waals surface area contributed by atoms with Crippen molar-refractivity contribution in [2.75, 3.05) is 12.0 Å². The number of nitrogens with zero attached hydrogens (tertiary/aromatic N) is 2. The first-order valence-corrected chi connectivity index (χ1v) is 9.27. The number of anilines is 1. The Morgan fingerprint density at radius 3 is 2.42 bits per heavy atom. The number of fused-ring (bicyclic) bond motifs is 5. The van der Waals surface area contributed by atoms with E-state index in [0.29, 0.717) is 11.0 Å². The summed E-state index contributed by atoms with van der Waals surface area (Å²) in [6.45, 7) is 3.00. The maximum atomic E-state index is 14.9. The molecule has 0 N–H and O–H groups in total. The number of ether oxygens (including phenoxy) is 2. The third-order valence-electron chi connectivity index (χ3n) is 6.59. The minimum atomic E-state index is -5.22. The van der Waals surface area contributed by atoms with E-state index in [1.54, 1.807) is 0 Å². The van der Waals surface area contributed by atoms with Gasteiger partial charge in [-0.2, -0.15) is 18.4 Å². The number of halogens is 4. The SMILES string of the molecule is COC(=O)[C@@H]1C[C@@]2(C)O[C@]1(C)[C@@H]1C(=O)N(c3ccc(C#N)c(C(F)(F)F)c3F)C(=O)[C@@H]12. The van der Waals surface area contributed by atoms with E-state index in [1.807, 2.05) is 0 Å². The van der Waals surface area contributed by atoms with Crippen LogP contribution in [-0.4, -0.2) is 36.1 Å². The molecule has 2 bridgehead atoms. The molecule has 0 radical (unpaired) electrons. The van der Waals surface area contributed by atoms with Gasteiger partial charge in [-0.1, -0.05) is 0 Å². The number of hydrogen-bond donors (Lipinski definition) is 0. The zero-order valence-corrected chi connectivity index (χ0v) is 16.5. The van der Waals surface area contributed by atoms with Gasteiger partial charge in [0.1, 0.15) is 5.56 Å². The second-order valence-electron chi connectivity index (χ2n) is 8.28. The van der Waals surface area contributed by atoms with Crippen molar-refractivity contribution in [2.24, 2.45) is 17.8 Å². The fourth-order valence-electron chi connectivity index (χ4n) is 5.36. The lowest BCUT2D eigenvalue weighted by Gasteiger charge is -2.33. The molecule has 0 aromatic heterocycles. The number of nitriles is 1. The Morgan fingerprint density at radius 2 is 1.87 bits per heavy atom. The Kier molecular flexibility index (Phi) is 4.29. The Bertz CT molecular complexity index is 1080. The number of esters is 1. The summed E-state index contributed by atoms with van der Waals surface area (Å²) in [4.78, 5) is 39.0. The molecule has 5 atom stereocenters. The van der Waals surface area contributed by atoms with Crippen molar-refractivity contribution in [3.05, 3.63) is 29.1 Å². The average molecular weight is 440 g/mol. The zero-order valence-electron chi connectivity index (χ0n) is 16.5. The van der Waals surface area contributed by atoms with Crippen LogP contribution in [-0.2, 0) is 30.0 Å². The summed E-state index contributed by atoms with van der Waals surface area (Å²) in [5.41, 5.74) is -6.41. The van der Waals surface area contributed by atoms with Gasteiger partial charge in [0.2, 0.25) is 11.8 Å². The van der Waals surface area contributed by atoms with E-state index in [9.17, 15) is 31.9 Å². The molecule has 31 heavy (non-hydrogen) atoms. The number of imide groups is 1. The molecule has 2 amide bonds. The first-order valence-electron chi connectivity index (χ1n) is 9.27. The summed E-state index contributed by atoms with van der Waals surface area (Å²) in [5.74, 6) is -7.60. The number of amides is 2. The second-order valence-corrected chi connectivity index (χ2v) is 8.28. The van der Waals surface area contributed by atoms with E-state index in [0.717, 1.165) is 13.2 Å². The molecule has 1 aromatic carbocycles. The highest BCUT2D eigenvalue weighted by Crippen LogP contribution is 2.63. The molecule has 3 fully saturated rings. The van der Waals surface area contributed by atoms with Crippen molar-refractivity contribution < 1.29 is 41.4 Å². The number of methoxy groups -OCH3 is 1. The number of hydrogen-bond acceptors (Lipinski definition) is 6. The highest BCUT2D eigenvalue weighted by molar-refractivity contribution is 6.23. The van der Waals surface area contributed by atoms with Gasteiger partial charge in [0.05, 0.1) is 53.4 Å². The molecule has 11 heteroatoms. The van der Waals surface area contributed by atoms with Gasteiger partial charge in [0.25, 0.3) is 0 Å². The van der Waals surface area contributed by atoms with Gasteiger partial charge >= 0.3 is 12.1 Å². The van der Waals surface area contributed by atoms with Gasteiger partial charge in [0, 0.05) is 0 Å². The fraction of sp³-hybridized carbons (Fsp3) is 0.500. The van der Waals surface area contributed by atoms with E-state index in [2.05, 4.69) is 0 Å². The molecule has 0 spiro atoms. The Hall–Kier alpha value is -3.00. The van der Waals surface area contributed by atoms with Crippen LogP contribution in [0.15, 0.2) is 12.1 Å². The second kappa shape index (κ2) is 6.26. The first kappa shape index (κ1) is 21.2. The van der Waals surface area contributed by atoms with Crippen LogP contribution in [0.3, 0.4) is 0 Å². The first-order chi connectivity index (χ1) is 14.3. The van der Waals surface area contributed by atoms with Crippen molar-refractivity contribution in [1.82, 2.24) is 0 Å². The highest BCUT2D eigenvalue weighted by atomic mass is 19.4. The molecule has 3 aliphatic heterocycles. The Morgan fingerprint density at radius 1 is 1.26 bits per heavy atom. The van der Waals surface area contributed by atoms with Crippen molar-refractivity contribution in [1.29, 1.82) is 5.26 Å². The smallest absolute Gasteiger partial charge is 0.420 e. The van der Waals surface area contributed by atoms with Gasteiger partial charge in [0.15, 0.2) is 5.82 Å². The maximum absolute atomic E-state index is 14.9. The predicted molar refractivity (Wildman–Crippen MR) is 93.6 cm³/mol. The van der Waals surface area contributed by atoms with E-state index in [1.165, 1.54) is 19.9 Å². The van der Waals surface area contributed by atoms with Gasteiger partial charge in [-0.3, -0.25) is 14.4 Å². The Balaban J connectivity index is 1.84. The summed E-state index contributed by atoms with van der Waals surface area (Å²) in [7, 11) is 1.16. The summed E-state index contributed by atoms with van der Waals surface area (Å²) < 4.78 is 65.8. The molecule has 7 nitrogen and oxygen atoms in total. The number of alkyl halides is 3. The quantitative estimate of drug-likeness (QED) is 0.399. The van der Waals surface area contributed by atoms with Gasteiger partial charge in [-0.15, -0.1) is 0 Å². The molecule has 3 saturated heterocycles. The van der Waals surface area contributed by atoms with E-state index < -0.39 is 75.5 Å². The van der Waals surface area contributed by atoms with Gasteiger partial charge in [-0.05, 0) is 32.4 Å². The Labute approximate surface area is 173 Å². The molecule has 3 heterocycles. The molecule has 0 saturated carbocycles. The molecule has 0 unspecified atom stereocenters. The van der Waals surface area contributed by atoms with Crippen molar-refractivity contribution in [2.45, 2.75) is 37.6 Å². The van der Waals surface area contributed by atoms with Gasteiger partial charge in [-0.25, -0.2) is 9.29 Å². The highest BCUT2D eigenvalue weighted by Gasteiger charge is 2.77. The van der Waals surface area contributed by atoms with Crippen LogP contribution in [0.2, 0.25) is 0 Å². The van der Waals surface area contributed by atoms with Crippen LogP contribution in [0.5, 0.6) is 0 Å². The van der Waals surface area contributed by atoms with Crippen molar-refractivity contribution in [3.8, 4) is 6.07 Å². The van der Waals surface area contributed by atoms with Crippen molar-refractivity contribution >= 4 is 23.5 Å². The summed E-state index contributed by atoms with van der Waals surface area (Å²) >= 11 is 0. The monoisotopic (exact) mass is 440 g/mol. The predicted octanol–water partition coefficient (Wildman–Crippen LogP) is 2.56. The topological polar surface area (TPSA) is 96.7 Å². The van der Waals surface area contributed by atoms with Crippen molar-refractivity contribution in [3.63, 3.8) is 0 Å². The minimum absolute atomic E-state index is 0.0633. The van der Waals surface area contributed by atoms with Crippen LogP contribution in [0.1, 0.15) is 31.4 Å². The molecule has 164 valence electrons. The third kappa shape index (κ3) is 2.57. The molecule has 3 aliphatic rings. The normalized spacial score (nSPS) is 34.1. The molecule has 4 rings (SSSR count). The molecule has 0 aliphatic carbocycles. The number of carbonyl (C=O) groups is 3. The van der Waals surface area contributed by atoms with Gasteiger partial charge < -0.3 is 9.47 Å². The number of rotatable bonds is 2. The molecule has 1 aromatic rings. The molecular formula is C20H16F4N2O5. The van der Waals surface area contributed by atoms with Crippen LogP contribution in [0.25, 0.3) is 0 Å². The average Bonchev–Trinajstić information content (AvgIpc) is 3.21. The fourth-order valence-corrected chi connectivity index (χ4v) is 5.36. The lowest BCUT2D eigenvalue weighted by molar-refractivity contribution is -0.154. The summed E-state index contributed by atoms with van der Waals surface area (Å²) in [5, 5.41) is 8.92.